The highest BCUT2D eigenvalue weighted by Gasteiger charge is 2.38. The Morgan fingerprint density at radius 1 is 1.17 bits per heavy atom. The van der Waals surface area contributed by atoms with E-state index in [-0.39, 0.29) is 38.0 Å². The van der Waals surface area contributed by atoms with Crippen molar-refractivity contribution in [2.24, 2.45) is 0 Å². The van der Waals surface area contributed by atoms with E-state index in [2.05, 4.69) is 10.6 Å². The quantitative estimate of drug-likeness (QED) is 0.707. The highest BCUT2D eigenvalue weighted by molar-refractivity contribution is 6.30. The monoisotopic (exact) mass is 415 g/mol. The van der Waals surface area contributed by atoms with Crippen molar-refractivity contribution >= 4 is 35.1 Å². The van der Waals surface area contributed by atoms with Gasteiger partial charge in [0.1, 0.15) is 6.04 Å². The maximum Gasteiger partial charge on any atom is 0.325 e. The van der Waals surface area contributed by atoms with Gasteiger partial charge in [-0.05, 0) is 42.3 Å². The summed E-state index contributed by atoms with van der Waals surface area (Å²) in [6.07, 6.45) is 0.287. The molecule has 0 spiro atoms. The van der Waals surface area contributed by atoms with Gasteiger partial charge in [-0.3, -0.25) is 14.5 Å². The van der Waals surface area contributed by atoms with Crippen molar-refractivity contribution < 1.29 is 23.9 Å². The number of rotatable bonds is 6. The number of urea groups is 1. The third-order valence-electron chi connectivity index (χ3n) is 4.65. The molecule has 1 saturated heterocycles. The topological polar surface area (TPSA) is 97.0 Å². The van der Waals surface area contributed by atoms with Crippen LogP contribution in [-0.2, 0) is 16.1 Å². The Kier molecular flexibility index (Phi) is 5.26. The molecule has 150 valence electrons. The number of carbonyl (C=O) groups excluding carboxylic acids is 3. The van der Waals surface area contributed by atoms with Gasteiger partial charge in [0, 0.05) is 17.1 Å². The number of nitrogens with one attached hydrogen (secondary N) is 2. The number of benzene rings is 2. The molecule has 1 fully saturated rings. The first-order valence-electron chi connectivity index (χ1n) is 9.05. The number of fused-ring (bicyclic) bond motifs is 1. The van der Waals surface area contributed by atoms with Gasteiger partial charge in [0.25, 0.3) is 5.91 Å². The maximum atomic E-state index is 12.6. The van der Waals surface area contributed by atoms with Gasteiger partial charge in [-0.15, -0.1) is 0 Å². The number of nitrogens with zero attached hydrogens (tertiary/aromatic N) is 1. The van der Waals surface area contributed by atoms with E-state index in [9.17, 15) is 14.4 Å². The average molecular weight is 416 g/mol. The third kappa shape index (κ3) is 4.27. The van der Waals surface area contributed by atoms with Crippen LogP contribution in [0.3, 0.4) is 0 Å². The number of hydrogen-bond acceptors (Lipinski definition) is 5. The Morgan fingerprint density at radius 3 is 2.83 bits per heavy atom. The van der Waals surface area contributed by atoms with Crippen molar-refractivity contribution in [3.8, 4) is 11.5 Å². The molecule has 0 aliphatic carbocycles. The molecule has 0 saturated carbocycles. The number of carbonyl (C=O) groups is 3. The zero-order valence-electron chi connectivity index (χ0n) is 15.3. The van der Waals surface area contributed by atoms with Crippen LogP contribution in [0.15, 0.2) is 42.5 Å². The van der Waals surface area contributed by atoms with Gasteiger partial charge in [0.2, 0.25) is 12.7 Å². The summed E-state index contributed by atoms with van der Waals surface area (Å²) in [5.41, 5.74) is 1.32. The molecule has 4 amide bonds. The Balaban J connectivity index is 1.32. The van der Waals surface area contributed by atoms with Crippen LogP contribution in [0.4, 0.5) is 10.5 Å². The standard InChI is InChI=1S/C20H18ClN3O5/c21-13-2-1-3-14(9-13)22-18(25)7-5-15-19(26)24(20(27)23-15)10-12-4-6-16-17(8-12)29-11-28-16/h1-4,6,8-9,15H,5,7,10-11H2,(H,22,25)(H,23,27)/t15-/m0/s1. The molecule has 0 unspecified atom stereocenters. The van der Waals surface area contributed by atoms with Crippen LogP contribution in [0.25, 0.3) is 0 Å². The molecular formula is C20H18ClN3O5. The minimum absolute atomic E-state index is 0.0844. The summed E-state index contributed by atoms with van der Waals surface area (Å²) in [6.45, 7) is 0.272. The lowest BCUT2D eigenvalue weighted by Crippen LogP contribution is -2.31. The van der Waals surface area contributed by atoms with E-state index in [1.165, 1.54) is 0 Å². The van der Waals surface area contributed by atoms with Crippen LogP contribution in [0.5, 0.6) is 11.5 Å². The van der Waals surface area contributed by atoms with E-state index in [1.807, 2.05) is 0 Å². The van der Waals surface area contributed by atoms with E-state index in [4.69, 9.17) is 21.1 Å². The van der Waals surface area contributed by atoms with E-state index in [0.29, 0.717) is 22.2 Å². The van der Waals surface area contributed by atoms with E-state index < -0.39 is 12.1 Å². The predicted octanol–water partition coefficient (Wildman–Crippen LogP) is 2.91. The van der Waals surface area contributed by atoms with Crippen LogP contribution in [0, 0.1) is 0 Å². The molecule has 9 heteroatoms. The first kappa shape index (κ1) is 19.1. The molecule has 4 rings (SSSR count). The molecule has 2 heterocycles. The summed E-state index contributed by atoms with van der Waals surface area (Å²) in [6, 6.07) is 10.8. The van der Waals surface area contributed by atoms with Crippen LogP contribution < -0.4 is 20.1 Å². The lowest BCUT2D eigenvalue weighted by atomic mass is 10.1. The molecule has 2 aromatic rings. The zero-order chi connectivity index (χ0) is 20.4. The lowest BCUT2D eigenvalue weighted by Gasteiger charge is -2.13. The van der Waals surface area contributed by atoms with Crippen molar-refractivity contribution in [3.63, 3.8) is 0 Å². The SMILES string of the molecule is O=C(CC[C@@H]1NC(=O)N(Cc2ccc3c(c2)OCO3)C1=O)Nc1cccc(Cl)c1. The second-order valence-corrected chi connectivity index (χ2v) is 7.15. The molecule has 0 bridgehead atoms. The zero-order valence-corrected chi connectivity index (χ0v) is 16.1. The molecule has 2 aromatic carbocycles. The minimum atomic E-state index is -0.735. The van der Waals surface area contributed by atoms with Crippen LogP contribution >= 0.6 is 11.6 Å². The second kappa shape index (κ2) is 8.00. The fraction of sp³-hybridized carbons (Fsp3) is 0.250. The average Bonchev–Trinajstić information content (AvgIpc) is 3.26. The summed E-state index contributed by atoms with van der Waals surface area (Å²) in [7, 11) is 0. The third-order valence-corrected chi connectivity index (χ3v) is 4.89. The van der Waals surface area contributed by atoms with Crippen molar-refractivity contribution in [1.82, 2.24) is 10.2 Å². The first-order valence-corrected chi connectivity index (χ1v) is 9.43. The molecule has 1 atom stereocenters. The molecule has 2 N–H and O–H groups in total. The van der Waals surface area contributed by atoms with Gasteiger partial charge < -0.3 is 20.1 Å². The predicted molar refractivity (Wildman–Crippen MR) is 105 cm³/mol. The number of ether oxygens (including phenoxy) is 2. The number of imide groups is 1. The Bertz CT molecular complexity index is 980. The number of amides is 4. The number of halogens is 1. The summed E-state index contributed by atoms with van der Waals surface area (Å²) < 4.78 is 10.6. The molecule has 0 aromatic heterocycles. The molecular weight excluding hydrogens is 398 g/mol. The Hall–Kier alpha value is -3.26. The molecule has 2 aliphatic heterocycles. The lowest BCUT2D eigenvalue weighted by molar-refractivity contribution is -0.128. The minimum Gasteiger partial charge on any atom is -0.454 e. The van der Waals surface area contributed by atoms with Crippen molar-refractivity contribution in [2.75, 3.05) is 12.1 Å². The van der Waals surface area contributed by atoms with Gasteiger partial charge in [-0.1, -0.05) is 23.7 Å². The van der Waals surface area contributed by atoms with E-state index in [0.717, 1.165) is 10.5 Å². The molecule has 0 radical (unpaired) electrons. The fourth-order valence-electron chi connectivity index (χ4n) is 3.21. The van der Waals surface area contributed by atoms with E-state index >= 15 is 0 Å². The maximum absolute atomic E-state index is 12.6. The fourth-order valence-corrected chi connectivity index (χ4v) is 3.40. The van der Waals surface area contributed by atoms with Gasteiger partial charge in [0.05, 0.1) is 6.54 Å². The van der Waals surface area contributed by atoms with Crippen molar-refractivity contribution in [1.29, 1.82) is 0 Å². The highest BCUT2D eigenvalue weighted by atomic mass is 35.5. The van der Waals surface area contributed by atoms with Crippen molar-refractivity contribution in [2.45, 2.75) is 25.4 Å². The highest BCUT2D eigenvalue weighted by Crippen LogP contribution is 2.33. The second-order valence-electron chi connectivity index (χ2n) is 6.71. The van der Waals surface area contributed by atoms with Gasteiger partial charge in [-0.25, -0.2) is 4.79 Å². The van der Waals surface area contributed by atoms with Gasteiger partial charge >= 0.3 is 6.03 Å². The van der Waals surface area contributed by atoms with Crippen LogP contribution in [0.1, 0.15) is 18.4 Å². The van der Waals surface area contributed by atoms with Gasteiger partial charge in [-0.2, -0.15) is 0 Å². The molecule has 8 nitrogen and oxygen atoms in total. The first-order chi connectivity index (χ1) is 14.0. The normalized spacial score (nSPS) is 17.4. The van der Waals surface area contributed by atoms with Crippen LogP contribution in [0.2, 0.25) is 5.02 Å². The summed E-state index contributed by atoms with van der Waals surface area (Å²) in [5, 5.41) is 5.87. The van der Waals surface area contributed by atoms with Gasteiger partial charge in [0.15, 0.2) is 11.5 Å². The summed E-state index contributed by atoms with van der Waals surface area (Å²) in [5.74, 6) is 0.602. The number of anilines is 1. The molecule has 2 aliphatic rings. The Labute approximate surface area is 171 Å². The largest absolute Gasteiger partial charge is 0.454 e. The number of hydrogen-bond donors (Lipinski definition) is 2. The molecule has 29 heavy (non-hydrogen) atoms. The van der Waals surface area contributed by atoms with E-state index in [1.54, 1.807) is 42.5 Å². The Morgan fingerprint density at radius 2 is 2.00 bits per heavy atom. The summed E-state index contributed by atoms with van der Waals surface area (Å²) >= 11 is 5.89. The van der Waals surface area contributed by atoms with Crippen LogP contribution in [-0.4, -0.2) is 35.6 Å². The summed E-state index contributed by atoms with van der Waals surface area (Å²) in [4.78, 5) is 38.1. The smallest absolute Gasteiger partial charge is 0.325 e. The van der Waals surface area contributed by atoms with Crippen molar-refractivity contribution in [3.05, 3.63) is 53.1 Å².